The monoisotopic (exact) mass is 341 g/mol. The molecule has 1 aromatic heterocycles. The average molecular weight is 341 g/mol. The Morgan fingerprint density at radius 3 is 2.68 bits per heavy atom. The molecule has 0 unspecified atom stereocenters. The Bertz CT molecular complexity index is 706. The van der Waals surface area contributed by atoms with Crippen molar-refractivity contribution in [3.8, 4) is 5.69 Å². The molecule has 1 heterocycles. The summed E-state index contributed by atoms with van der Waals surface area (Å²) in [6.45, 7) is 5.95. The van der Waals surface area contributed by atoms with Crippen LogP contribution in [0.5, 0.6) is 0 Å². The van der Waals surface area contributed by atoms with Crippen LogP contribution in [0.2, 0.25) is 0 Å². The quantitative estimate of drug-likeness (QED) is 0.750. The summed E-state index contributed by atoms with van der Waals surface area (Å²) in [4.78, 5) is 14.9. The van der Waals surface area contributed by atoms with Crippen molar-refractivity contribution in [3.05, 3.63) is 41.7 Å². The minimum absolute atomic E-state index is 0.115. The first-order valence-corrected chi connectivity index (χ1v) is 9.07. The number of nitrogens with one attached hydrogen (secondary N) is 1. The Labute approximate surface area is 149 Å². The number of amides is 1. The lowest BCUT2D eigenvalue weighted by molar-refractivity contribution is 0.0945. The van der Waals surface area contributed by atoms with E-state index in [0.29, 0.717) is 24.2 Å². The molecule has 3 rings (SSSR count). The largest absolute Gasteiger partial charge is 0.351 e. The standard InChI is InChI=1S/C19H27N5O/c1-14(2)23(3)13-7-12-20-19(25)17-18(15-10-11-15)24(22-21-17)16-8-5-4-6-9-16/h4-6,8-9,14-15H,7,10-13H2,1-3H3,(H,20,25). The number of carbonyl (C=O) groups excluding carboxylic acids is 1. The van der Waals surface area contributed by atoms with Gasteiger partial charge in [0.1, 0.15) is 0 Å². The fourth-order valence-corrected chi connectivity index (χ4v) is 2.81. The average Bonchev–Trinajstić information content (AvgIpc) is 3.36. The Hall–Kier alpha value is -2.21. The molecule has 134 valence electrons. The van der Waals surface area contributed by atoms with E-state index in [1.165, 1.54) is 0 Å². The molecule has 1 aliphatic carbocycles. The molecule has 0 atom stereocenters. The number of benzene rings is 1. The van der Waals surface area contributed by atoms with E-state index in [9.17, 15) is 4.79 Å². The summed E-state index contributed by atoms with van der Waals surface area (Å²) in [5, 5.41) is 11.4. The Kier molecular flexibility index (Phi) is 5.48. The first-order valence-electron chi connectivity index (χ1n) is 9.07. The maximum Gasteiger partial charge on any atom is 0.273 e. The highest BCUT2D eigenvalue weighted by Gasteiger charge is 2.34. The zero-order chi connectivity index (χ0) is 17.8. The molecule has 0 spiro atoms. The van der Waals surface area contributed by atoms with E-state index in [1.807, 2.05) is 35.0 Å². The molecule has 6 heteroatoms. The van der Waals surface area contributed by atoms with Gasteiger partial charge in [-0.1, -0.05) is 23.4 Å². The van der Waals surface area contributed by atoms with E-state index in [0.717, 1.165) is 37.2 Å². The van der Waals surface area contributed by atoms with Crippen LogP contribution < -0.4 is 5.32 Å². The number of hydrogen-bond acceptors (Lipinski definition) is 4. The summed E-state index contributed by atoms with van der Waals surface area (Å²) in [5.74, 6) is 0.277. The fraction of sp³-hybridized carbons (Fsp3) is 0.526. The van der Waals surface area contributed by atoms with Gasteiger partial charge in [-0.25, -0.2) is 4.68 Å². The van der Waals surface area contributed by atoms with Crippen molar-refractivity contribution >= 4 is 5.91 Å². The van der Waals surface area contributed by atoms with E-state index >= 15 is 0 Å². The summed E-state index contributed by atoms with van der Waals surface area (Å²) >= 11 is 0. The van der Waals surface area contributed by atoms with E-state index in [2.05, 4.69) is 41.4 Å². The van der Waals surface area contributed by atoms with Gasteiger partial charge in [0, 0.05) is 18.5 Å². The van der Waals surface area contributed by atoms with Gasteiger partial charge in [0.2, 0.25) is 0 Å². The highest BCUT2D eigenvalue weighted by atomic mass is 16.2. The molecule has 2 aromatic rings. The van der Waals surface area contributed by atoms with Gasteiger partial charge >= 0.3 is 0 Å². The van der Waals surface area contributed by atoms with Crippen molar-refractivity contribution in [3.63, 3.8) is 0 Å². The van der Waals surface area contributed by atoms with Crippen molar-refractivity contribution in [2.75, 3.05) is 20.1 Å². The van der Waals surface area contributed by atoms with Gasteiger partial charge in [0.15, 0.2) is 5.69 Å². The van der Waals surface area contributed by atoms with Gasteiger partial charge in [-0.05, 0) is 58.8 Å². The van der Waals surface area contributed by atoms with Crippen LogP contribution in [0, 0.1) is 0 Å². The van der Waals surface area contributed by atoms with Crippen LogP contribution in [0.1, 0.15) is 55.2 Å². The molecule has 1 aliphatic rings. The Morgan fingerprint density at radius 2 is 2.04 bits per heavy atom. The molecule has 1 saturated carbocycles. The molecule has 25 heavy (non-hydrogen) atoms. The van der Waals surface area contributed by atoms with Crippen LogP contribution in [-0.2, 0) is 0 Å². The molecule has 6 nitrogen and oxygen atoms in total. The zero-order valence-electron chi connectivity index (χ0n) is 15.3. The van der Waals surface area contributed by atoms with Crippen LogP contribution in [-0.4, -0.2) is 52.0 Å². The number of carbonyl (C=O) groups is 1. The summed E-state index contributed by atoms with van der Waals surface area (Å²) < 4.78 is 1.82. The van der Waals surface area contributed by atoms with Crippen molar-refractivity contribution in [2.45, 2.75) is 45.1 Å². The van der Waals surface area contributed by atoms with Crippen molar-refractivity contribution in [1.29, 1.82) is 0 Å². The highest BCUT2D eigenvalue weighted by Crippen LogP contribution is 2.41. The molecule has 1 amide bonds. The fourth-order valence-electron chi connectivity index (χ4n) is 2.81. The van der Waals surface area contributed by atoms with Crippen LogP contribution >= 0.6 is 0 Å². The van der Waals surface area contributed by atoms with E-state index in [1.54, 1.807) is 0 Å². The van der Waals surface area contributed by atoms with Gasteiger partial charge in [-0.3, -0.25) is 4.79 Å². The van der Waals surface area contributed by atoms with Gasteiger partial charge in [-0.2, -0.15) is 0 Å². The van der Waals surface area contributed by atoms with E-state index in [-0.39, 0.29) is 5.91 Å². The molecule has 0 bridgehead atoms. The maximum absolute atomic E-state index is 12.6. The maximum atomic E-state index is 12.6. The molecular weight excluding hydrogens is 314 g/mol. The van der Waals surface area contributed by atoms with Crippen LogP contribution in [0.4, 0.5) is 0 Å². The van der Waals surface area contributed by atoms with Gasteiger partial charge in [0.25, 0.3) is 5.91 Å². The second-order valence-corrected chi connectivity index (χ2v) is 7.03. The number of nitrogens with zero attached hydrogens (tertiary/aromatic N) is 4. The summed E-state index contributed by atoms with van der Waals surface area (Å²) in [6.07, 6.45) is 3.12. The number of para-hydroxylation sites is 1. The predicted octanol–water partition coefficient (Wildman–Crippen LogP) is 2.60. The smallest absolute Gasteiger partial charge is 0.273 e. The number of aromatic nitrogens is 3. The second-order valence-electron chi connectivity index (χ2n) is 7.03. The second kappa shape index (κ2) is 7.78. The SMILES string of the molecule is CC(C)N(C)CCCNC(=O)c1nnn(-c2ccccc2)c1C1CC1. The molecule has 0 radical (unpaired) electrons. The summed E-state index contributed by atoms with van der Waals surface area (Å²) in [7, 11) is 2.10. The van der Waals surface area contributed by atoms with E-state index in [4.69, 9.17) is 0 Å². The number of rotatable bonds is 8. The first kappa shape index (κ1) is 17.6. The van der Waals surface area contributed by atoms with Crippen LogP contribution in [0.3, 0.4) is 0 Å². The molecule has 1 aromatic carbocycles. The predicted molar refractivity (Wildman–Crippen MR) is 98.1 cm³/mol. The van der Waals surface area contributed by atoms with Gasteiger partial charge in [-0.15, -0.1) is 5.10 Å². The van der Waals surface area contributed by atoms with Crippen molar-refractivity contribution in [2.24, 2.45) is 0 Å². The van der Waals surface area contributed by atoms with Crippen LogP contribution in [0.15, 0.2) is 30.3 Å². The Balaban J connectivity index is 1.66. The zero-order valence-corrected chi connectivity index (χ0v) is 15.3. The molecule has 1 fully saturated rings. The minimum atomic E-state index is -0.115. The lowest BCUT2D eigenvalue weighted by Gasteiger charge is -2.20. The highest BCUT2D eigenvalue weighted by molar-refractivity contribution is 5.93. The molecule has 1 N–H and O–H groups in total. The lowest BCUT2D eigenvalue weighted by Crippen LogP contribution is -2.31. The molecule has 0 aliphatic heterocycles. The summed E-state index contributed by atoms with van der Waals surface area (Å²) in [5.41, 5.74) is 2.38. The third-order valence-corrected chi connectivity index (χ3v) is 4.74. The van der Waals surface area contributed by atoms with Crippen LogP contribution in [0.25, 0.3) is 5.69 Å². The van der Waals surface area contributed by atoms with Crippen molar-refractivity contribution < 1.29 is 4.79 Å². The van der Waals surface area contributed by atoms with Crippen molar-refractivity contribution in [1.82, 2.24) is 25.2 Å². The topological polar surface area (TPSA) is 63.1 Å². The number of hydrogen-bond donors (Lipinski definition) is 1. The third-order valence-electron chi connectivity index (χ3n) is 4.74. The molecule has 0 saturated heterocycles. The lowest BCUT2D eigenvalue weighted by atomic mass is 10.2. The van der Waals surface area contributed by atoms with Gasteiger partial charge < -0.3 is 10.2 Å². The summed E-state index contributed by atoms with van der Waals surface area (Å²) in [6, 6.07) is 10.4. The molecular formula is C19H27N5O. The normalized spacial score (nSPS) is 14.3. The van der Waals surface area contributed by atoms with E-state index < -0.39 is 0 Å². The third kappa shape index (κ3) is 4.25. The van der Waals surface area contributed by atoms with Gasteiger partial charge in [0.05, 0.1) is 11.4 Å². The minimum Gasteiger partial charge on any atom is -0.351 e. The first-order chi connectivity index (χ1) is 12.1. The Morgan fingerprint density at radius 1 is 1.32 bits per heavy atom.